The molecule has 0 fully saturated rings. The lowest BCUT2D eigenvalue weighted by molar-refractivity contribution is 0.399. The predicted molar refractivity (Wildman–Crippen MR) is 63.8 cm³/mol. The van der Waals surface area contributed by atoms with Crippen molar-refractivity contribution in [3.8, 4) is 17.3 Å². The van der Waals surface area contributed by atoms with Crippen LogP contribution in [-0.4, -0.2) is 35.3 Å². The molecule has 0 spiro atoms. The zero-order chi connectivity index (χ0) is 13.3. The van der Waals surface area contributed by atoms with Crippen molar-refractivity contribution >= 4 is 19.7 Å². The Kier molecular flexibility index (Phi) is 3.22. The number of aromatic nitrogens is 4. The minimum atomic E-state index is -3.94. The van der Waals surface area contributed by atoms with Gasteiger partial charge in [-0.2, -0.15) is 0 Å². The molecule has 18 heavy (non-hydrogen) atoms. The Bertz CT molecular complexity index is 683. The van der Waals surface area contributed by atoms with Crippen molar-refractivity contribution < 1.29 is 13.2 Å². The van der Waals surface area contributed by atoms with Crippen LogP contribution in [0.4, 0.5) is 0 Å². The molecular weight excluding hydrogens is 280 g/mol. The molecule has 0 aliphatic carbocycles. The Hall–Kier alpha value is -1.67. The van der Waals surface area contributed by atoms with Gasteiger partial charge in [0.1, 0.15) is 0 Å². The van der Waals surface area contributed by atoms with Gasteiger partial charge in [0, 0.05) is 23.9 Å². The number of halogens is 1. The number of hydrogen-bond donors (Lipinski definition) is 0. The average molecular weight is 289 g/mol. The Morgan fingerprint density at radius 3 is 2.67 bits per heavy atom. The molecule has 0 aliphatic rings. The first kappa shape index (κ1) is 12.8. The number of rotatable bonds is 3. The van der Waals surface area contributed by atoms with E-state index in [0.29, 0.717) is 17.3 Å². The first-order chi connectivity index (χ1) is 8.45. The fourth-order valence-corrected chi connectivity index (χ4v) is 2.44. The fourth-order valence-electron chi connectivity index (χ4n) is 1.49. The first-order valence-electron chi connectivity index (χ1n) is 4.78. The second-order valence-electron chi connectivity index (χ2n) is 3.36. The van der Waals surface area contributed by atoms with Crippen LogP contribution in [0.1, 0.15) is 0 Å². The number of nitrogens with zero attached hydrogens (tertiary/aromatic N) is 4. The third-order valence-electron chi connectivity index (χ3n) is 2.26. The molecule has 2 aromatic rings. The molecule has 0 saturated carbocycles. The molecule has 0 unspecified atom stereocenters. The molecule has 96 valence electrons. The summed E-state index contributed by atoms with van der Waals surface area (Å²) in [5.41, 5.74) is 0.529. The summed E-state index contributed by atoms with van der Waals surface area (Å²) >= 11 is 0. The van der Waals surface area contributed by atoms with Crippen molar-refractivity contribution in [2.24, 2.45) is 7.05 Å². The quantitative estimate of drug-likeness (QED) is 0.777. The number of methoxy groups -OCH3 is 1. The monoisotopic (exact) mass is 288 g/mol. The van der Waals surface area contributed by atoms with Gasteiger partial charge in [-0.15, -0.1) is 10.2 Å². The van der Waals surface area contributed by atoms with Crippen molar-refractivity contribution in [2.75, 3.05) is 7.11 Å². The van der Waals surface area contributed by atoms with Crippen LogP contribution in [0.3, 0.4) is 0 Å². The summed E-state index contributed by atoms with van der Waals surface area (Å²) in [6.07, 6.45) is 1.55. The van der Waals surface area contributed by atoms with Gasteiger partial charge in [0.25, 0.3) is 14.2 Å². The third kappa shape index (κ3) is 2.16. The van der Waals surface area contributed by atoms with E-state index in [-0.39, 0.29) is 5.16 Å². The van der Waals surface area contributed by atoms with Crippen LogP contribution in [-0.2, 0) is 16.1 Å². The molecule has 0 N–H and O–H groups in total. The van der Waals surface area contributed by atoms with Gasteiger partial charge < -0.3 is 4.74 Å². The van der Waals surface area contributed by atoms with Crippen LogP contribution in [0.25, 0.3) is 11.4 Å². The van der Waals surface area contributed by atoms with Crippen LogP contribution in [0.15, 0.2) is 23.5 Å². The highest BCUT2D eigenvalue weighted by Crippen LogP contribution is 2.27. The molecule has 2 heterocycles. The maximum Gasteiger partial charge on any atom is 0.296 e. The van der Waals surface area contributed by atoms with Crippen LogP contribution >= 0.6 is 10.7 Å². The van der Waals surface area contributed by atoms with Crippen LogP contribution < -0.4 is 4.74 Å². The number of pyridine rings is 1. The van der Waals surface area contributed by atoms with Crippen molar-refractivity contribution in [1.82, 2.24) is 19.7 Å². The zero-order valence-corrected chi connectivity index (χ0v) is 11.1. The summed E-state index contributed by atoms with van der Waals surface area (Å²) in [4.78, 5) is 4.00. The molecule has 0 aromatic carbocycles. The standard InChI is InChI=1S/C9H9ClN4O3S/c1-14-7(12-13-9(14)18(10,15)16)6-4-3-5-11-8(6)17-2/h3-5H,1-2H3. The normalized spacial score (nSPS) is 11.5. The summed E-state index contributed by atoms with van der Waals surface area (Å²) in [6, 6.07) is 3.38. The van der Waals surface area contributed by atoms with E-state index in [4.69, 9.17) is 15.4 Å². The minimum absolute atomic E-state index is 0.305. The van der Waals surface area contributed by atoms with Gasteiger partial charge in [-0.25, -0.2) is 13.4 Å². The lowest BCUT2D eigenvalue weighted by Crippen LogP contribution is -2.03. The van der Waals surface area contributed by atoms with E-state index in [9.17, 15) is 8.42 Å². The van der Waals surface area contributed by atoms with Crippen molar-refractivity contribution in [3.63, 3.8) is 0 Å². The Balaban J connectivity index is 2.63. The summed E-state index contributed by atoms with van der Waals surface area (Å²) < 4.78 is 28.8. The molecule has 0 aliphatic heterocycles. The Morgan fingerprint density at radius 2 is 2.11 bits per heavy atom. The molecule has 2 rings (SSSR count). The molecule has 0 saturated heterocycles. The number of hydrogen-bond acceptors (Lipinski definition) is 6. The Labute approximate surface area is 108 Å². The van der Waals surface area contributed by atoms with Crippen LogP contribution in [0.2, 0.25) is 0 Å². The van der Waals surface area contributed by atoms with Gasteiger partial charge in [0.2, 0.25) is 5.88 Å². The van der Waals surface area contributed by atoms with Gasteiger partial charge in [0.15, 0.2) is 5.82 Å². The summed E-state index contributed by atoms with van der Waals surface area (Å²) in [7, 11) is 4.26. The van der Waals surface area contributed by atoms with E-state index in [1.807, 2.05) is 0 Å². The predicted octanol–water partition coefficient (Wildman–Crippen LogP) is 0.813. The van der Waals surface area contributed by atoms with E-state index >= 15 is 0 Å². The van der Waals surface area contributed by atoms with E-state index in [1.54, 1.807) is 18.3 Å². The topological polar surface area (TPSA) is 87.0 Å². The summed E-state index contributed by atoms with van der Waals surface area (Å²) in [6.45, 7) is 0. The van der Waals surface area contributed by atoms with Crippen molar-refractivity contribution in [1.29, 1.82) is 0 Å². The second kappa shape index (κ2) is 4.54. The molecule has 7 nitrogen and oxygen atoms in total. The maximum absolute atomic E-state index is 11.2. The summed E-state index contributed by atoms with van der Waals surface area (Å²) in [5, 5.41) is 7.01. The first-order valence-corrected chi connectivity index (χ1v) is 7.09. The zero-order valence-electron chi connectivity index (χ0n) is 9.53. The molecule has 2 aromatic heterocycles. The molecule has 9 heteroatoms. The van der Waals surface area contributed by atoms with Gasteiger partial charge in [-0.05, 0) is 12.1 Å². The van der Waals surface area contributed by atoms with Crippen molar-refractivity contribution in [3.05, 3.63) is 18.3 Å². The van der Waals surface area contributed by atoms with Crippen molar-refractivity contribution in [2.45, 2.75) is 5.16 Å². The Morgan fingerprint density at radius 1 is 1.39 bits per heavy atom. The number of ether oxygens (including phenoxy) is 1. The van der Waals surface area contributed by atoms with E-state index in [0.717, 1.165) is 0 Å². The smallest absolute Gasteiger partial charge is 0.296 e. The maximum atomic E-state index is 11.2. The van der Waals surface area contributed by atoms with Crippen LogP contribution in [0, 0.1) is 0 Å². The molecule has 0 bridgehead atoms. The second-order valence-corrected chi connectivity index (χ2v) is 5.82. The van der Waals surface area contributed by atoms with Crippen LogP contribution in [0.5, 0.6) is 5.88 Å². The third-order valence-corrected chi connectivity index (χ3v) is 3.46. The summed E-state index contributed by atoms with van der Waals surface area (Å²) in [5.74, 6) is 0.630. The van der Waals surface area contributed by atoms with Gasteiger partial charge in [-0.3, -0.25) is 4.57 Å². The van der Waals surface area contributed by atoms with E-state index in [2.05, 4.69) is 15.2 Å². The van der Waals surface area contributed by atoms with Gasteiger partial charge in [0.05, 0.1) is 12.7 Å². The fraction of sp³-hybridized carbons (Fsp3) is 0.222. The molecular formula is C9H9ClN4O3S. The largest absolute Gasteiger partial charge is 0.480 e. The lowest BCUT2D eigenvalue weighted by atomic mass is 10.2. The SMILES string of the molecule is COc1ncccc1-c1nnc(S(=O)(=O)Cl)n1C. The molecule has 0 radical (unpaired) electrons. The lowest BCUT2D eigenvalue weighted by Gasteiger charge is -2.06. The highest BCUT2D eigenvalue weighted by molar-refractivity contribution is 8.13. The molecule has 0 atom stereocenters. The average Bonchev–Trinajstić information content (AvgIpc) is 2.70. The minimum Gasteiger partial charge on any atom is -0.480 e. The highest BCUT2D eigenvalue weighted by atomic mass is 35.7. The highest BCUT2D eigenvalue weighted by Gasteiger charge is 2.22. The molecule has 0 amide bonds. The van der Waals surface area contributed by atoms with E-state index < -0.39 is 9.05 Å². The van der Waals surface area contributed by atoms with Gasteiger partial charge >= 0.3 is 0 Å². The van der Waals surface area contributed by atoms with E-state index in [1.165, 1.54) is 18.7 Å². The van der Waals surface area contributed by atoms with Gasteiger partial charge in [-0.1, -0.05) is 0 Å².